The highest BCUT2D eigenvalue weighted by Crippen LogP contribution is 2.40. The van der Waals surface area contributed by atoms with Gasteiger partial charge in [0.2, 0.25) is 0 Å². The van der Waals surface area contributed by atoms with E-state index in [2.05, 4.69) is 15.7 Å². The third kappa shape index (κ3) is 4.36. The van der Waals surface area contributed by atoms with Crippen LogP contribution in [0.1, 0.15) is 45.4 Å². The maximum Gasteiger partial charge on any atom is 0.251 e. The molecule has 2 aromatic carbocycles. The Hall–Kier alpha value is -2.80. The average molecular weight is 400 g/mol. The van der Waals surface area contributed by atoms with Crippen molar-refractivity contribution in [3.05, 3.63) is 81.3 Å². The Morgan fingerprint density at radius 2 is 1.86 bits per heavy atom. The molecule has 0 radical (unpaired) electrons. The zero-order chi connectivity index (χ0) is 19.5. The lowest BCUT2D eigenvalue weighted by Crippen LogP contribution is -2.23. The summed E-state index contributed by atoms with van der Waals surface area (Å²) in [6, 6.07) is 10.2. The van der Waals surface area contributed by atoms with Crippen molar-refractivity contribution in [1.29, 1.82) is 0 Å². The minimum atomic E-state index is -0.684. The van der Waals surface area contributed by atoms with Gasteiger partial charge in [0.05, 0.1) is 5.69 Å². The Labute approximate surface area is 165 Å². The monoisotopic (exact) mass is 400 g/mol. The molecule has 1 aliphatic rings. The topological polar surface area (TPSA) is 51.2 Å². The Balaban J connectivity index is 1.31. The molecule has 0 aliphatic heterocycles. The molecule has 28 heavy (non-hydrogen) atoms. The van der Waals surface area contributed by atoms with Gasteiger partial charge in [-0.05, 0) is 49.2 Å². The third-order valence-electron chi connectivity index (χ3n) is 4.53. The molecule has 7 heteroatoms. The number of carbonyl (C=O) groups excluding carboxylic acids is 1. The van der Waals surface area contributed by atoms with Gasteiger partial charge in [-0.25, -0.2) is 13.8 Å². The lowest BCUT2D eigenvalue weighted by molar-refractivity contribution is 0.0950. The van der Waals surface area contributed by atoms with Crippen LogP contribution in [0, 0.1) is 11.6 Å². The van der Waals surface area contributed by atoms with Gasteiger partial charge >= 0.3 is 0 Å². The van der Waals surface area contributed by atoms with Crippen LogP contribution in [-0.4, -0.2) is 10.9 Å². The molecule has 1 N–H and O–H groups in total. The van der Waals surface area contributed by atoms with Crippen LogP contribution in [0.25, 0.3) is 0 Å². The van der Waals surface area contributed by atoms with Crippen LogP contribution in [0.4, 0.5) is 8.78 Å². The normalized spacial score (nSPS) is 13.4. The molecule has 4 rings (SSSR count). The number of aromatic nitrogens is 1. The zero-order valence-electron chi connectivity index (χ0n) is 15.0. The molecular formula is C21H18F2N2O2S. The summed E-state index contributed by atoms with van der Waals surface area (Å²) in [6.07, 6.45) is 2.44. The molecule has 3 aromatic rings. The quantitative estimate of drug-likeness (QED) is 0.619. The molecule has 1 saturated carbocycles. The maximum atomic E-state index is 13.6. The Morgan fingerprint density at radius 1 is 1.14 bits per heavy atom. The van der Waals surface area contributed by atoms with Crippen molar-refractivity contribution >= 4 is 17.2 Å². The van der Waals surface area contributed by atoms with Gasteiger partial charge < -0.3 is 10.1 Å². The van der Waals surface area contributed by atoms with E-state index in [9.17, 15) is 13.6 Å². The number of benzene rings is 2. The van der Waals surface area contributed by atoms with E-state index in [1.807, 2.05) is 0 Å². The molecular weight excluding hydrogens is 382 g/mol. The maximum absolute atomic E-state index is 13.6. The van der Waals surface area contributed by atoms with Crippen LogP contribution >= 0.6 is 11.3 Å². The number of nitrogens with one attached hydrogen (secondary N) is 1. The summed E-state index contributed by atoms with van der Waals surface area (Å²) in [6.45, 7) is 0.165. The van der Waals surface area contributed by atoms with Crippen molar-refractivity contribution in [3.8, 4) is 5.75 Å². The summed E-state index contributed by atoms with van der Waals surface area (Å²) in [4.78, 5) is 16.8. The minimum Gasteiger partial charge on any atom is -0.486 e. The van der Waals surface area contributed by atoms with Gasteiger partial charge in [-0.1, -0.05) is 6.07 Å². The van der Waals surface area contributed by atoms with E-state index >= 15 is 0 Å². The predicted molar refractivity (Wildman–Crippen MR) is 102 cm³/mol. The van der Waals surface area contributed by atoms with Gasteiger partial charge in [0, 0.05) is 29.0 Å². The number of ether oxygens (including phenoxy) is 1. The van der Waals surface area contributed by atoms with Crippen LogP contribution in [0.15, 0.2) is 47.8 Å². The van der Waals surface area contributed by atoms with E-state index in [0.29, 0.717) is 23.8 Å². The number of halogens is 2. The highest BCUT2D eigenvalue weighted by atomic mass is 32.1. The molecule has 0 bridgehead atoms. The SMILES string of the molecule is O=C(NCc1c(F)cccc1F)c1ccc(OCc2nc(C3CC3)cs2)cc1. The molecule has 144 valence electrons. The summed E-state index contributed by atoms with van der Waals surface area (Å²) >= 11 is 1.59. The molecule has 0 saturated heterocycles. The molecule has 0 unspecified atom stereocenters. The highest BCUT2D eigenvalue weighted by Gasteiger charge is 2.26. The first kappa shape index (κ1) is 18.6. The van der Waals surface area contributed by atoms with Gasteiger partial charge in [-0.3, -0.25) is 4.79 Å². The second-order valence-corrected chi connectivity index (χ2v) is 7.58. The van der Waals surface area contributed by atoms with Gasteiger partial charge in [0.1, 0.15) is 29.0 Å². The predicted octanol–water partition coefficient (Wildman–Crippen LogP) is 4.81. The molecule has 4 nitrogen and oxygen atoms in total. The van der Waals surface area contributed by atoms with E-state index in [-0.39, 0.29) is 12.1 Å². The fourth-order valence-electron chi connectivity index (χ4n) is 2.78. The van der Waals surface area contributed by atoms with Crippen molar-refractivity contribution in [2.75, 3.05) is 0 Å². The van der Waals surface area contributed by atoms with Gasteiger partial charge in [-0.2, -0.15) is 0 Å². The zero-order valence-corrected chi connectivity index (χ0v) is 15.8. The van der Waals surface area contributed by atoms with Gasteiger partial charge in [0.25, 0.3) is 5.91 Å². The number of carbonyl (C=O) groups is 1. The minimum absolute atomic E-state index is 0.162. The second kappa shape index (κ2) is 8.06. The molecule has 1 aliphatic carbocycles. The van der Waals surface area contributed by atoms with Crippen molar-refractivity contribution in [2.45, 2.75) is 31.9 Å². The van der Waals surface area contributed by atoms with E-state index in [1.165, 1.54) is 18.9 Å². The highest BCUT2D eigenvalue weighted by molar-refractivity contribution is 7.09. The fourth-order valence-corrected chi connectivity index (χ4v) is 3.56. The number of amides is 1. The largest absolute Gasteiger partial charge is 0.486 e. The number of thiazole rings is 1. The summed E-state index contributed by atoms with van der Waals surface area (Å²) in [5.74, 6) is -0.532. The smallest absolute Gasteiger partial charge is 0.251 e. The van der Waals surface area contributed by atoms with Gasteiger partial charge in [-0.15, -0.1) is 11.3 Å². The van der Waals surface area contributed by atoms with Crippen LogP contribution in [0.2, 0.25) is 0 Å². The average Bonchev–Trinajstić information content (AvgIpc) is 3.44. The number of nitrogens with zero attached hydrogens (tertiary/aromatic N) is 1. The Kier molecular flexibility index (Phi) is 5.34. The lowest BCUT2D eigenvalue weighted by Gasteiger charge is -2.08. The third-order valence-corrected chi connectivity index (χ3v) is 5.37. The number of hydrogen-bond acceptors (Lipinski definition) is 4. The molecule has 1 amide bonds. The first-order chi connectivity index (χ1) is 13.6. The van der Waals surface area contributed by atoms with Crippen LogP contribution in [0.5, 0.6) is 5.75 Å². The van der Waals surface area contributed by atoms with Crippen molar-refractivity contribution < 1.29 is 18.3 Å². The molecule has 1 fully saturated rings. The summed E-state index contributed by atoms with van der Waals surface area (Å²) in [5, 5.41) is 5.54. The van der Waals surface area contributed by atoms with E-state index in [4.69, 9.17) is 4.74 Å². The van der Waals surface area contributed by atoms with E-state index in [1.54, 1.807) is 35.6 Å². The number of rotatable bonds is 7. The Bertz CT molecular complexity index is 964. The van der Waals surface area contributed by atoms with Crippen molar-refractivity contribution in [2.24, 2.45) is 0 Å². The van der Waals surface area contributed by atoms with Crippen LogP contribution < -0.4 is 10.1 Å². The van der Waals surface area contributed by atoms with Crippen LogP contribution in [-0.2, 0) is 13.2 Å². The van der Waals surface area contributed by atoms with Gasteiger partial charge in [0.15, 0.2) is 0 Å². The first-order valence-electron chi connectivity index (χ1n) is 8.98. The van der Waals surface area contributed by atoms with Crippen molar-refractivity contribution in [1.82, 2.24) is 10.3 Å². The fraction of sp³-hybridized carbons (Fsp3) is 0.238. The standard InChI is InChI=1S/C21H18F2N2O2S/c22-17-2-1-3-18(23)16(17)10-24-21(26)14-6-8-15(9-7-14)27-11-20-25-19(12-28-20)13-4-5-13/h1-3,6-9,12-13H,4-5,10-11H2,(H,24,26). The first-order valence-corrected chi connectivity index (χ1v) is 9.86. The second-order valence-electron chi connectivity index (χ2n) is 6.64. The summed E-state index contributed by atoms with van der Waals surface area (Å²) in [5.41, 5.74) is 1.38. The van der Waals surface area contributed by atoms with E-state index < -0.39 is 17.5 Å². The van der Waals surface area contributed by atoms with Crippen LogP contribution in [0.3, 0.4) is 0 Å². The Morgan fingerprint density at radius 3 is 2.54 bits per heavy atom. The summed E-state index contributed by atoms with van der Waals surface area (Å²) < 4.78 is 33.0. The lowest BCUT2D eigenvalue weighted by atomic mass is 10.1. The molecule has 0 spiro atoms. The molecule has 1 aromatic heterocycles. The van der Waals surface area contributed by atoms with Crippen molar-refractivity contribution in [3.63, 3.8) is 0 Å². The summed E-state index contributed by atoms with van der Waals surface area (Å²) in [7, 11) is 0. The number of hydrogen-bond donors (Lipinski definition) is 1. The molecule has 1 heterocycles. The van der Waals surface area contributed by atoms with E-state index in [0.717, 1.165) is 22.8 Å². The molecule has 0 atom stereocenters.